The second kappa shape index (κ2) is 14.3. The van der Waals surface area contributed by atoms with Gasteiger partial charge >= 0.3 is 0 Å². The van der Waals surface area contributed by atoms with Crippen molar-refractivity contribution in [1.82, 2.24) is 24.6 Å². The molecule has 4 N–H and O–H groups in total. The van der Waals surface area contributed by atoms with Crippen LogP contribution in [0.1, 0.15) is 18.0 Å². The van der Waals surface area contributed by atoms with Crippen molar-refractivity contribution in [3.8, 4) is 11.5 Å². The van der Waals surface area contributed by atoms with E-state index in [0.29, 0.717) is 59.2 Å². The number of primary amides is 1. The van der Waals surface area contributed by atoms with Crippen LogP contribution in [-0.4, -0.2) is 89.3 Å². The maximum Gasteiger partial charge on any atom is 0.246 e. The van der Waals surface area contributed by atoms with Crippen LogP contribution in [0.2, 0.25) is 0 Å². The number of nitrogens with two attached hydrogens (primary N) is 1. The maximum atomic E-state index is 13.8. The summed E-state index contributed by atoms with van der Waals surface area (Å²) in [6.07, 6.45) is 5.28. The molecule has 0 bridgehead atoms. The largest absolute Gasteiger partial charge is 0.493 e. The number of nitrogens with zero attached hydrogens (tertiary/aromatic N) is 5. The van der Waals surface area contributed by atoms with Gasteiger partial charge in [-0.2, -0.15) is 5.10 Å². The lowest BCUT2D eigenvalue weighted by Gasteiger charge is -2.21. The van der Waals surface area contributed by atoms with E-state index in [0.717, 1.165) is 19.5 Å². The molecule has 0 aliphatic heterocycles. The van der Waals surface area contributed by atoms with Gasteiger partial charge in [0.1, 0.15) is 18.0 Å². The number of hydrogen-bond donors (Lipinski definition) is 3. The van der Waals surface area contributed by atoms with E-state index < -0.39 is 17.8 Å². The van der Waals surface area contributed by atoms with Crippen LogP contribution in [0.3, 0.4) is 0 Å². The Morgan fingerprint density at radius 2 is 2.00 bits per heavy atom. The first kappa shape index (κ1) is 29.6. The van der Waals surface area contributed by atoms with Crippen molar-refractivity contribution in [2.24, 2.45) is 5.73 Å². The Balaban J connectivity index is 1.49. The Hall–Kier alpha value is -4.33. The molecule has 2 heterocycles. The van der Waals surface area contributed by atoms with E-state index in [-0.39, 0.29) is 6.61 Å². The third-order valence-electron chi connectivity index (χ3n) is 6.39. The summed E-state index contributed by atoms with van der Waals surface area (Å²) in [5.41, 5.74) is 7.16. The SMILES string of the molecule is COCCN(CCO)CCCOc1cc2ncnc(Nc3cnn(C(C(N)=O)c4cccc(F)c4)c3)c2cc1OC. The van der Waals surface area contributed by atoms with Crippen LogP contribution in [0, 0.1) is 5.82 Å². The molecule has 0 saturated heterocycles. The van der Waals surface area contributed by atoms with Crippen LogP contribution >= 0.6 is 0 Å². The van der Waals surface area contributed by atoms with Gasteiger partial charge in [0.25, 0.3) is 0 Å². The number of hydrogen-bond acceptors (Lipinski definition) is 10. The van der Waals surface area contributed by atoms with Gasteiger partial charge in [-0.25, -0.2) is 14.4 Å². The van der Waals surface area contributed by atoms with Crippen molar-refractivity contribution in [2.75, 3.05) is 59.0 Å². The smallest absolute Gasteiger partial charge is 0.246 e. The molecular formula is C28H34FN7O5. The van der Waals surface area contributed by atoms with Crippen LogP contribution in [0.4, 0.5) is 15.9 Å². The molecule has 2 aromatic heterocycles. The fourth-order valence-electron chi connectivity index (χ4n) is 4.41. The third kappa shape index (κ3) is 7.66. The monoisotopic (exact) mass is 567 g/mol. The van der Waals surface area contributed by atoms with Crippen molar-refractivity contribution in [1.29, 1.82) is 0 Å². The van der Waals surface area contributed by atoms with E-state index in [1.807, 2.05) is 0 Å². The lowest BCUT2D eigenvalue weighted by molar-refractivity contribution is -0.120. The minimum Gasteiger partial charge on any atom is -0.493 e. The summed E-state index contributed by atoms with van der Waals surface area (Å²) >= 11 is 0. The molecule has 0 radical (unpaired) electrons. The maximum absolute atomic E-state index is 13.8. The van der Waals surface area contributed by atoms with Crippen molar-refractivity contribution in [3.05, 3.63) is 66.5 Å². The van der Waals surface area contributed by atoms with E-state index in [2.05, 4.69) is 25.3 Å². The Labute approximate surface area is 236 Å². The summed E-state index contributed by atoms with van der Waals surface area (Å²) in [6.45, 7) is 3.17. The van der Waals surface area contributed by atoms with E-state index in [1.54, 1.807) is 38.6 Å². The number of aliphatic hydroxyl groups excluding tert-OH is 1. The van der Waals surface area contributed by atoms with Gasteiger partial charge in [-0.3, -0.25) is 14.4 Å². The molecule has 1 amide bonds. The zero-order valence-corrected chi connectivity index (χ0v) is 23.0. The number of amides is 1. The van der Waals surface area contributed by atoms with Crippen molar-refractivity contribution >= 4 is 28.3 Å². The molecule has 4 rings (SSSR count). The van der Waals surface area contributed by atoms with Gasteiger partial charge < -0.3 is 30.4 Å². The van der Waals surface area contributed by atoms with Crippen LogP contribution < -0.4 is 20.5 Å². The molecule has 0 spiro atoms. The summed E-state index contributed by atoms with van der Waals surface area (Å²) < 4.78 is 31.9. The van der Waals surface area contributed by atoms with Gasteiger partial charge in [0, 0.05) is 44.4 Å². The van der Waals surface area contributed by atoms with E-state index >= 15 is 0 Å². The third-order valence-corrected chi connectivity index (χ3v) is 6.39. The number of nitrogens with one attached hydrogen (secondary N) is 1. The minimum absolute atomic E-state index is 0.0820. The first-order valence-corrected chi connectivity index (χ1v) is 13.1. The Bertz CT molecular complexity index is 1450. The van der Waals surface area contributed by atoms with Crippen molar-refractivity contribution in [2.45, 2.75) is 12.5 Å². The molecule has 41 heavy (non-hydrogen) atoms. The van der Waals surface area contributed by atoms with Crippen LogP contribution in [0.25, 0.3) is 10.9 Å². The average Bonchev–Trinajstić information content (AvgIpc) is 3.41. The molecule has 1 atom stereocenters. The van der Waals surface area contributed by atoms with E-state index in [9.17, 15) is 14.3 Å². The summed E-state index contributed by atoms with van der Waals surface area (Å²) in [5, 5.41) is 17.4. The fourth-order valence-corrected chi connectivity index (χ4v) is 4.41. The number of carbonyl (C=O) groups is 1. The highest BCUT2D eigenvalue weighted by molar-refractivity contribution is 5.93. The number of anilines is 2. The van der Waals surface area contributed by atoms with E-state index in [4.69, 9.17) is 19.9 Å². The molecule has 13 heteroatoms. The molecule has 0 aliphatic carbocycles. The van der Waals surface area contributed by atoms with Gasteiger partial charge in [0.15, 0.2) is 17.5 Å². The summed E-state index contributed by atoms with van der Waals surface area (Å²) in [4.78, 5) is 23.1. The number of methoxy groups -OCH3 is 2. The van der Waals surface area contributed by atoms with Gasteiger partial charge in [-0.05, 0) is 30.2 Å². The quantitative estimate of drug-likeness (QED) is 0.172. The first-order valence-electron chi connectivity index (χ1n) is 13.1. The second-order valence-corrected chi connectivity index (χ2v) is 9.20. The predicted molar refractivity (Wildman–Crippen MR) is 151 cm³/mol. The van der Waals surface area contributed by atoms with E-state index in [1.165, 1.54) is 35.4 Å². The highest BCUT2D eigenvalue weighted by atomic mass is 19.1. The molecule has 0 fully saturated rings. The molecule has 218 valence electrons. The highest BCUT2D eigenvalue weighted by Crippen LogP contribution is 2.35. The van der Waals surface area contributed by atoms with Crippen molar-refractivity contribution < 1.29 is 28.5 Å². The summed E-state index contributed by atoms with van der Waals surface area (Å²) in [6, 6.07) is 8.25. The van der Waals surface area contributed by atoms with Gasteiger partial charge in [-0.15, -0.1) is 0 Å². The number of benzene rings is 2. The normalized spacial score (nSPS) is 12.0. The Morgan fingerprint density at radius 3 is 2.73 bits per heavy atom. The lowest BCUT2D eigenvalue weighted by atomic mass is 10.1. The van der Waals surface area contributed by atoms with Crippen molar-refractivity contribution in [3.63, 3.8) is 0 Å². The average molecular weight is 568 g/mol. The number of halogens is 1. The number of rotatable bonds is 16. The minimum atomic E-state index is -0.987. The first-order chi connectivity index (χ1) is 19.9. The zero-order valence-electron chi connectivity index (χ0n) is 23.0. The Kier molecular flexibility index (Phi) is 10.4. The highest BCUT2D eigenvalue weighted by Gasteiger charge is 2.22. The summed E-state index contributed by atoms with van der Waals surface area (Å²) in [5.74, 6) is 0.388. The zero-order chi connectivity index (χ0) is 29.2. The molecular weight excluding hydrogens is 533 g/mol. The van der Waals surface area contributed by atoms with Gasteiger partial charge in [0.2, 0.25) is 5.91 Å². The van der Waals surface area contributed by atoms with Gasteiger partial charge in [0.05, 0.1) is 44.3 Å². The predicted octanol–water partition coefficient (Wildman–Crippen LogP) is 2.50. The fraction of sp³-hybridized carbons (Fsp3) is 0.357. The van der Waals surface area contributed by atoms with Crippen LogP contribution in [0.5, 0.6) is 11.5 Å². The number of ether oxygens (including phenoxy) is 3. The molecule has 0 aliphatic rings. The van der Waals surface area contributed by atoms with Crippen LogP contribution in [0.15, 0.2) is 55.1 Å². The standard InChI is InChI=1S/C28H34FN7O5/c1-39-12-9-35(8-10-37)7-4-11-41-25-15-23-22(14-24(25)40-2)28(32-18-31-23)34-21-16-33-36(17-21)26(27(30)38)19-5-3-6-20(29)13-19/h3,5-6,13-18,26,37H,4,7-12H2,1-2H3,(H2,30,38)(H,31,32,34). The molecule has 12 nitrogen and oxygen atoms in total. The number of carbonyl (C=O) groups excluding carboxylic acids is 1. The summed E-state index contributed by atoms with van der Waals surface area (Å²) in [7, 11) is 3.21. The topological polar surface area (TPSA) is 150 Å². The molecule has 1 unspecified atom stereocenters. The molecule has 2 aromatic carbocycles. The number of aromatic nitrogens is 4. The second-order valence-electron chi connectivity index (χ2n) is 9.20. The number of aliphatic hydroxyl groups is 1. The molecule has 0 saturated carbocycles. The van der Waals surface area contributed by atoms with Crippen LogP contribution in [-0.2, 0) is 9.53 Å². The number of fused-ring (bicyclic) bond motifs is 1. The van der Waals surface area contributed by atoms with Gasteiger partial charge in [-0.1, -0.05) is 12.1 Å². The lowest BCUT2D eigenvalue weighted by Crippen LogP contribution is -2.32. The Morgan fingerprint density at radius 1 is 1.15 bits per heavy atom. The molecule has 4 aromatic rings.